The normalized spacial score (nSPS) is 12.8. The number of rotatable bonds is 7. The van der Waals surface area contributed by atoms with Gasteiger partial charge in [0.25, 0.3) is 0 Å². The predicted molar refractivity (Wildman–Crippen MR) is 126 cm³/mol. The van der Waals surface area contributed by atoms with Crippen molar-refractivity contribution < 1.29 is 19.1 Å². The van der Waals surface area contributed by atoms with Gasteiger partial charge in [-0.05, 0) is 41.5 Å². The summed E-state index contributed by atoms with van der Waals surface area (Å²) in [4.78, 5) is 12.1. The number of carbonyl (C=O) groups is 1. The third-order valence-electron chi connectivity index (χ3n) is 5.32. The Labute approximate surface area is 182 Å². The summed E-state index contributed by atoms with van der Waals surface area (Å²) >= 11 is 0. The molecule has 0 amide bonds. The van der Waals surface area contributed by atoms with E-state index in [-0.39, 0.29) is 16.6 Å². The molecule has 0 unspecified atom stereocenters. The van der Waals surface area contributed by atoms with Crippen LogP contribution in [0.2, 0.25) is 13.1 Å². The number of ketones is 1. The van der Waals surface area contributed by atoms with Crippen molar-refractivity contribution in [2.24, 2.45) is 0 Å². The Balaban J connectivity index is 2.31. The van der Waals surface area contributed by atoms with Gasteiger partial charge in [-0.2, -0.15) is 0 Å². The number of carbonyl (C=O) groups excluding carboxylic acids is 1. The lowest BCUT2D eigenvalue weighted by atomic mass is 9.79. The van der Waals surface area contributed by atoms with Crippen molar-refractivity contribution >= 4 is 19.2 Å². The van der Waals surface area contributed by atoms with Crippen molar-refractivity contribution in [1.82, 2.24) is 0 Å². The highest BCUT2D eigenvalue weighted by atomic mass is 28.3. The summed E-state index contributed by atoms with van der Waals surface area (Å²) in [5.74, 6) is 1.61. The van der Waals surface area contributed by atoms with E-state index in [0.29, 0.717) is 24.2 Å². The zero-order valence-corrected chi connectivity index (χ0v) is 21.1. The molecule has 0 aliphatic carbocycles. The minimum absolute atomic E-state index is 0.0534. The lowest BCUT2D eigenvalue weighted by molar-refractivity contribution is 0.0956. The second kappa shape index (κ2) is 8.62. The Morgan fingerprint density at radius 1 is 1.03 bits per heavy atom. The molecule has 2 aromatic rings. The molecule has 0 spiro atoms. The van der Waals surface area contributed by atoms with Crippen LogP contribution in [0.3, 0.4) is 0 Å². The first kappa shape index (κ1) is 24.3. The molecule has 0 saturated carbocycles. The van der Waals surface area contributed by atoms with Gasteiger partial charge in [-0.15, -0.1) is 0 Å². The van der Waals surface area contributed by atoms with E-state index in [9.17, 15) is 9.90 Å². The van der Waals surface area contributed by atoms with Gasteiger partial charge in [0, 0.05) is 17.5 Å². The molecular formula is C25H38O4Si. The molecule has 1 aromatic carbocycles. The lowest BCUT2D eigenvalue weighted by Gasteiger charge is -2.29. The summed E-state index contributed by atoms with van der Waals surface area (Å²) in [6.45, 7) is 18.9. The van der Waals surface area contributed by atoms with Crippen molar-refractivity contribution in [2.75, 3.05) is 6.23 Å². The topological polar surface area (TPSA) is 59.7 Å². The summed E-state index contributed by atoms with van der Waals surface area (Å²) in [6, 6.07) is 7.62. The second-order valence-corrected chi connectivity index (χ2v) is 15.4. The predicted octanol–water partition coefficient (Wildman–Crippen LogP) is 6.10. The number of hydrogen-bond donors (Lipinski definition) is 1. The van der Waals surface area contributed by atoms with Crippen LogP contribution in [-0.2, 0) is 10.8 Å². The fourth-order valence-electron chi connectivity index (χ4n) is 3.37. The molecule has 0 aliphatic rings. The lowest BCUT2D eigenvalue weighted by Crippen LogP contribution is -2.46. The highest BCUT2D eigenvalue weighted by Gasteiger charge is 2.31. The minimum Gasteiger partial charge on any atom is -0.507 e. The van der Waals surface area contributed by atoms with Crippen molar-refractivity contribution in [1.29, 1.82) is 0 Å². The highest BCUT2D eigenvalue weighted by molar-refractivity contribution is 6.88. The summed E-state index contributed by atoms with van der Waals surface area (Å²) < 4.78 is 12.2. The fourth-order valence-corrected chi connectivity index (χ4v) is 4.96. The Morgan fingerprint density at radius 3 is 2.03 bits per heavy atom. The largest absolute Gasteiger partial charge is 0.507 e. The molecule has 5 heteroatoms. The molecule has 0 fully saturated rings. The van der Waals surface area contributed by atoms with Gasteiger partial charge in [0.2, 0.25) is 0 Å². The summed E-state index contributed by atoms with van der Waals surface area (Å²) in [5.41, 5.74) is 1.36. The maximum absolute atomic E-state index is 12.1. The van der Waals surface area contributed by atoms with Crippen molar-refractivity contribution in [3.8, 4) is 11.5 Å². The zero-order chi connectivity index (χ0) is 22.9. The molecule has 0 aliphatic heterocycles. The molecule has 1 heterocycles. The van der Waals surface area contributed by atoms with Crippen LogP contribution in [0, 0.1) is 0 Å². The van der Waals surface area contributed by atoms with Crippen LogP contribution in [0.15, 0.2) is 28.7 Å². The van der Waals surface area contributed by atoms with Crippen molar-refractivity contribution in [3.05, 3.63) is 41.2 Å². The molecule has 1 aromatic heterocycles. The van der Waals surface area contributed by atoms with Gasteiger partial charge in [-0.25, -0.2) is 0 Å². The van der Waals surface area contributed by atoms with Gasteiger partial charge < -0.3 is 14.3 Å². The first-order valence-corrected chi connectivity index (χ1v) is 14.0. The van der Waals surface area contributed by atoms with Crippen molar-refractivity contribution in [2.45, 2.75) is 85.2 Å². The van der Waals surface area contributed by atoms with E-state index < -0.39 is 8.07 Å². The molecular weight excluding hydrogens is 392 g/mol. The number of aromatic hydroxyl groups is 1. The minimum atomic E-state index is -2.05. The number of furan rings is 1. The van der Waals surface area contributed by atoms with Crippen LogP contribution in [0.5, 0.6) is 11.5 Å². The van der Waals surface area contributed by atoms with E-state index in [1.54, 1.807) is 6.07 Å². The van der Waals surface area contributed by atoms with Crippen LogP contribution in [0.1, 0.15) is 83.0 Å². The summed E-state index contributed by atoms with van der Waals surface area (Å²) in [6.07, 6.45) is 1.84. The van der Waals surface area contributed by atoms with Gasteiger partial charge in [-0.3, -0.25) is 4.79 Å². The first-order valence-electron chi connectivity index (χ1n) is 10.8. The smallest absolute Gasteiger partial charge is 0.197 e. The van der Waals surface area contributed by atoms with E-state index in [1.807, 2.05) is 25.1 Å². The number of hydrogen-bond acceptors (Lipinski definition) is 4. The van der Waals surface area contributed by atoms with Crippen LogP contribution in [0.25, 0.3) is 0 Å². The summed E-state index contributed by atoms with van der Waals surface area (Å²) in [7, 11) is -2.05. The van der Waals surface area contributed by atoms with Gasteiger partial charge in [0.1, 0.15) is 11.5 Å². The van der Waals surface area contributed by atoms with Gasteiger partial charge in [0.15, 0.2) is 19.6 Å². The molecule has 0 saturated heterocycles. The van der Waals surface area contributed by atoms with Gasteiger partial charge in [0.05, 0.1) is 11.6 Å². The van der Waals surface area contributed by atoms with Crippen LogP contribution in [0.4, 0.5) is 0 Å². The van der Waals surface area contributed by atoms with E-state index in [2.05, 4.69) is 54.6 Å². The maximum atomic E-state index is 12.1. The van der Waals surface area contributed by atoms with Gasteiger partial charge in [-0.1, -0.05) is 61.6 Å². The first-order chi connectivity index (χ1) is 13.7. The third kappa shape index (κ3) is 5.57. The van der Waals surface area contributed by atoms with Gasteiger partial charge >= 0.3 is 0 Å². The van der Waals surface area contributed by atoms with E-state index in [0.717, 1.165) is 28.7 Å². The zero-order valence-electron chi connectivity index (χ0n) is 20.1. The number of benzene rings is 1. The molecule has 2 rings (SSSR count). The molecule has 0 atom stereocenters. The molecule has 1 N–H and O–H groups in total. The SMILES string of the molecule is CCCC(=O)c1ccc([Si](C)(C)COc2cc(C(C)(C)C)c(O)c(C(C)(C)C)c2)o1. The van der Waals surface area contributed by atoms with Crippen molar-refractivity contribution in [3.63, 3.8) is 0 Å². The monoisotopic (exact) mass is 430 g/mol. The Kier molecular flexibility index (Phi) is 6.97. The van der Waals surface area contributed by atoms with E-state index in [4.69, 9.17) is 9.15 Å². The Morgan fingerprint density at radius 2 is 1.57 bits per heavy atom. The van der Waals surface area contributed by atoms with E-state index >= 15 is 0 Å². The number of phenols is 1. The third-order valence-corrected chi connectivity index (χ3v) is 7.79. The fraction of sp³-hybridized carbons (Fsp3) is 0.560. The molecule has 4 nitrogen and oxygen atoms in total. The van der Waals surface area contributed by atoms with Crippen LogP contribution >= 0.6 is 0 Å². The standard InChI is InChI=1S/C25H38O4Si/c1-10-11-20(26)21-12-13-22(29-21)30(8,9)16-28-17-14-18(24(2,3)4)23(27)19(15-17)25(5,6)7/h12-15,27H,10-11,16H2,1-9H3. The maximum Gasteiger partial charge on any atom is 0.197 e. The highest BCUT2D eigenvalue weighted by Crippen LogP contribution is 2.41. The number of ether oxygens (including phenoxy) is 1. The average Bonchev–Trinajstić information content (AvgIpc) is 3.10. The van der Waals surface area contributed by atoms with Crippen LogP contribution in [-0.4, -0.2) is 25.2 Å². The molecule has 30 heavy (non-hydrogen) atoms. The molecule has 166 valence electrons. The Hall–Kier alpha value is -2.01. The number of Topliss-reactive ketones (excluding diaryl/α,β-unsaturated/α-hetero) is 1. The van der Waals surface area contributed by atoms with E-state index in [1.165, 1.54) is 0 Å². The average molecular weight is 431 g/mol. The summed E-state index contributed by atoms with van der Waals surface area (Å²) in [5, 5.41) is 11.8. The second-order valence-electron chi connectivity index (χ2n) is 10.9. The number of phenolic OH excluding ortho intramolecular Hbond substituents is 1. The van der Waals surface area contributed by atoms with Crippen LogP contribution < -0.4 is 10.1 Å². The molecule has 0 bridgehead atoms. The molecule has 0 radical (unpaired) electrons. The quantitative estimate of drug-likeness (QED) is 0.426. The Bertz CT molecular complexity index is 860.